The number of nitrogens with one attached hydrogen (secondary N) is 2. The lowest BCUT2D eigenvalue weighted by Crippen LogP contribution is -2.49. The molecule has 0 saturated carbocycles. The summed E-state index contributed by atoms with van der Waals surface area (Å²) in [5.74, 6) is 1.31. The largest absolute Gasteiger partial charge is 0.497 e. The van der Waals surface area contributed by atoms with Gasteiger partial charge in [-0.25, -0.2) is 4.98 Å². The summed E-state index contributed by atoms with van der Waals surface area (Å²) < 4.78 is 5.12. The summed E-state index contributed by atoms with van der Waals surface area (Å²) in [5, 5.41) is 19.4. The minimum Gasteiger partial charge on any atom is -0.497 e. The average molecular weight is 359 g/mol. The van der Waals surface area contributed by atoms with Gasteiger partial charge in [0, 0.05) is 5.56 Å². The van der Waals surface area contributed by atoms with Crippen LogP contribution in [0.4, 0.5) is 0 Å². The van der Waals surface area contributed by atoms with Crippen molar-refractivity contribution in [2.24, 2.45) is 5.92 Å². The zero-order valence-corrected chi connectivity index (χ0v) is 15.5. The quantitative estimate of drug-likeness (QED) is 0.737. The molecule has 2 rings (SSSR count). The predicted molar refractivity (Wildman–Crippen MR) is 96.1 cm³/mol. The topological polar surface area (TPSA) is 104 Å². The molecular weight excluding hydrogens is 338 g/mol. The summed E-state index contributed by atoms with van der Waals surface area (Å²) in [7, 11) is 1.61. The van der Waals surface area contributed by atoms with Crippen molar-refractivity contribution >= 4 is 17.7 Å². The van der Waals surface area contributed by atoms with Crippen LogP contribution >= 0.6 is 11.8 Å². The minimum atomic E-state index is -0.884. The van der Waals surface area contributed by atoms with Crippen molar-refractivity contribution in [1.82, 2.24) is 20.5 Å². The number of ether oxygens (including phenoxy) is 1. The predicted octanol–water partition coefficient (Wildman–Crippen LogP) is 2.63. The summed E-state index contributed by atoms with van der Waals surface area (Å²) in [6.07, 6.45) is 0. The van der Waals surface area contributed by atoms with Crippen LogP contribution in [0.15, 0.2) is 29.4 Å². The SMILES string of the molecule is COc1ccc(-c2nc(SCC(=O)NC(C)(C#N)C(C)C)n[nH]2)cc1. The van der Waals surface area contributed by atoms with Crippen molar-refractivity contribution in [2.45, 2.75) is 31.5 Å². The van der Waals surface area contributed by atoms with Gasteiger partial charge < -0.3 is 10.1 Å². The molecule has 0 bridgehead atoms. The normalized spacial score (nSPS) is 13.1. The third kappa shape index (κ3) is 4.73. The first-order valence-electron chi connectivity index (χ1n) is 7.80. The Labute approximate surface area is 151 Å². The molecule has 8 heteroatoms. The van der Waals surface area contributed by atoms with E-state index in [2.05, 4.69) is 26.6 Å². The Hall–Kier alpha value is -2.53. The van der Waals surface area contributed by atoms with Crippen molar-refractivity contribution in [3.8, 4) is 23.2 Å². The molecule has 0 aliphatic rings. The van der Waals surface area contributed by atoms with Crippen LogP contribution in [0.3, 0.4) is 0 Å². The average Bonchev–Trinajstić information content (AvgIpc) is 3.08. The van der Waals surface area contributed by atoms with Gasteiger partial charge in [0.25, 0.3) is 0 Å². The number of nitrogens with zero attached hydrogens (tertiary/aromatic N) is 3. The van der Waals surface area contributed by atoms with Crippen molar-refractivity contribution in [1.29, 1.82) is 5.26 Å². The molecule has 0 spiro atoms. The fourth-order valence-electron chi connectivity index (χ4n) is 1.95. The van der Waals surface area contributed by atoms with Crippen LogP contribution in [0, 0.1) is 17.2 Å². The van der Waals surface area contributed by atoms with Crippen molar-refractivity contribution < 1.29 is 9.53 Å². The highest BCUT2D eigenvalue weighted by Gasteiger charge is 2.29. The van der Waals surface area contributed by atoms with E-state index in [4.69, 9.17) is 4.74 Å². The van der Waals surface area contributed by atoms with Crippen LogP contribution in [0.25, 0.3) is 11.4 Å². The second kappa shape index (κ2) is 8.03. The number of methoxy groups -OCH3 is 1. The second-order valence-electron chi connectivity index (χ2n) is 6.00. The Morgan fingerprint density at radius 2 is 2.12 bits per heavy atom. The zero-order valence-electron chi connectivity index (χ0n) is 14.7. The number of aromatic amines is 1. The molecular formula is C17H21N5O2S. The Kier molecular flexibility index (Phi) is 6.04. The standard InChI is InChI=1S/C17H21N5O2S/c1-11(2)17(3,10-18)20-14(23)9-25-16-19-15(21-22-16)12-5-7-13(24-4)8-6-12/h5-8,11H,9H2,1-4H3,(H,20,23)(H,19,21,22). The van der Waals surface area contributed by atoms with Crippen LogP contribution in [0.5, 0.6) is 5.75 Å². The Bertz CT molecular complexity index is 766. The van der Waals surface area contributed by atoms with Gasteiger partial charge >= 0.3 is 0 Å². The number of H-pyrrole nitrogens is 1. The molecule has 0 aliphatic carbocycles. The van der Waals surface area contributed by atoms with Crippen LogP contribution < -0.4 is 10.1 Å². The molecule has 25 heavy (non-hydrogen) atoms. The summed E-state index contributed by atoms with van der Waals surface area (Å²) in [4.78, 5) is 16.5. The highest BCUT2D eigenvalue weighted by Crippen LogP contribution is 2.22. The number of aromatic nitrogens is 3. The van der Waals surface area contributed by atoms with Gasteiger partial charge in [-0.05, 0) is 37.1 Å². The molecule has 2 aromatic rings. The van der Waals surface area contributed by atoms with Gasteiger partial charge in [-0.2, -0.15) is 5.26 Å². The van der Waals surface area contributed by atoms with Gasteiger partial charge in [0.05, 0.1) is 18.9 Å². The highest BCUT2D eigenvalue weighted by molar-refractivity contribution is 7.99. The van der Waals surface area contributed by atoms with Gasteiger partial charge in [-0.1, -0.05) is 25.6 Å². The molecule has 0 fully saturated rings. The zero-order chi connectivity index (χ0) is 18.4. The summed E-state index contributed by atoms with van der Waals surface area (Å²) in [5.41, 5.74) is -0.00767. The number of benzene rings is 1. The summed E-state index contributed by atoms with van der Waals surface area (Å²) in [6, 6.07) is 9.59. The number of carbonyl (C=O) groups is 1. The van der Waals surface area contributed by atoms with E-state index < -0.39 is 5.54 Å². The van der Waals surface area contributed by atoms with Crippen molar-refractivity contribution in [3.63, 3.8) is 0 Å². The molecule has 1 amide bonds. The Morgan fingerprint density at radius 3 is 2.68 bits per heavy atom. The van der Waals surface area contributed by atoms with Crippen LogP contribution in [-0.4, -0.2) is 39.5 Å². The fourth-order valence-corrected chi connectivity index (χ4v) is 2.54. The lowest BCUT2D eigenvalue weighted by molar-refractivity contribution is -0.120. The maximum atomic E-state index is 12.1. The number of carbonyl (C=O) groups excluding carboxylic acids is 1. The van der Waals surface area contributed by atoms with Gasteiger partial charge in [0.15, 0.2) is 5.82 Å². The molecule has 7 nitrogen and oxygen atoms in total. The number of amides is 1. The number of rotatable bonds is 7. The first-order valence-corrected chi connectivity index (χ1v) is 8.78. The maximum absolute atomic E-state index is 12.1. The monoisotopic (exact) mass is 359 g/mol. The van der Waals surface area contributed by atoms with Gasteiger partial charge in [-0.3, -0.25) is 9.89 Å². The third-order valence-corrected chi connectivity index (χ3v) is 4.79. The van der Waals surface area contributed by atoms with Gasteiger partial charge in [0.1, 0.15) is 11.3 Å². The lowest BCUT2D eigenvalue weighted by atomic mass is 9.90. The lowest BCUT2D eigenvalue weighted by Gasteiger charge is -2.27. The number of nitriles is 1. The smallest absolute Gasteiger partial charge is 0.231 e. The number of hydrogen-bond acceptors (Lipinski definition) is 6. The number of thioether (sulfide) groups is 1. The van der Waals surface area contributed by atoms with Gasteiger partial charge in [0.2, 0.25) is 11.1 Å². The van der Waals surface area contributed by atoms with E-state index in [9.17, 15) is 10.1 Å². The maximum Gasteiger partial charge on any atom is 0.231 e. The second-order valence-corrected chi connectivity index (χ2v) is 6.94. The Balaban J connectivity index is 1.95. The first-order chi connectivity index (χ1) is 11.9. The fraction of sp³-hybridized carbons (Fsp3) is 0.412. The van der Waals surface area contributed by atoms with Crippen molar-refractivity contribution in [2.75, 3.05) is 12.9 Å². The van der Waals surface area contributed by atoms with Crippen molar-refractivity contribution in [3.05, 3.63) is 24.3 Å². The number of hydrogen-bond donors (Lipinski definition) is 2. The Morgan fingerprint density at radius 1 is 1.44 bits per heavy atom. The minimum absolute atomic E-state index is 0.0108. The first kappa shape index (κ1) is 18.8. The molecule has 1 unspecified atom stereocenters. The third-order valence-electron chi connectivity index (χ3n) is 3.95. The van der Waals surface area contributed by atoms with Crippen LogP contribution in [0.1, 0.15) is 20.8 Å². The van der Waals surface area contributed by atoms with E-state index >= 15 is 0 Å². The highest BCUT2D eigenvalue weighted by atomic mass is 32.2. The molecule has 1 aromatic heterocycles. The summed E-state index contributed by atoms with van der Waals surface area (Å²) >= 11 is 1.21. The molecule has 1 aromatic carbocycles. The van der Waals surface area contributed by atoms with E-state index in [1.165, 1.54) is 11.8 Å². The van der Waals surface area contributed by atoms with E-state index in [1.807, 2.05) is 38.1 Å². The molecule has 0 radical (unpaired) electrons. The van der Waals surface area contributed by atoms with Crippen LogP contribution in [-0.2, 0) is 4.79 Å². The van der Waals surface area contributed by atoms with Gasteiger partial charge in [-0.15, -0.1) is 5.10 Å². The molecule has 0 saturated heterocycles. The molecule has 1 atom stereocenters. The molecule has 1 heterocycles. The van der Waals surface area contributed by atoms with E-state index in [-0.39, 0.29) is 17.6 Å². The van der Waals surface area contributed by atoms with E-state index in [0.29, 0.717) is 11.0 Å². The van der Waals surface area contributed by atoms with Crippen LogP contribution in [0.2, 0.25) is 0 Å². The molecule has 0 aliphatic heterocycles. The molecule has 132 valence electrons. The van der Waals surface area contributed by atoms with E-state index in [0.717, 1.165) is 11.3 Å². The molecule has 2 N–H and O–H groups in total. The summed E-state index contributed by atoms with van der Waals surface area (Å²) in [6.45, 7) is 5.51. The van der Waals surface area contributed by atoms with E-state index in [1.54, 1.807) is 14.0 Å².